The average molecular weight is 659 g/mol. The lowest BCUT2D eigenvalue weighted by Gasteiger charge is -2.33. The summed E-state index contributed by atoms with van der Waals surface area (Å²) in [7, 11) is -2.77. The van der Waals surface area contributed by atoms with Crippen LogP contribution in [0.25, 0.3) is 0 Å². The number of sulfonamides is 1. The number of hydrogen-bond acceptors (Lipinski definition) is 4. The third kappa shape index (κ3) is 7.89. The number of carbonyl (C=O) groups excluding carboxylic acids is 2. The summed E-state index contributed by atoms with van der Waals surface area (Å²) in [5.74, 6) is -1.03. The van der Waals surface area contributed by atoms with Gasteiger partial charge in [-0.1, -0.05) is 101 Å². The summed E-state index contributed by atoms with van der Waals surface area (Å²) in [5.41, 5.74) is 2.43. The van der Waals surface area contributed by atoms with Gasteiger partial charge < -0.3 is 10.2 Å². The zero-order valence-electron chi connectivity index (χ0n) is 23.5. The van der Waals surface area contributed by atoms with E-state index in [0.717, 1.165) is 15.4 Å². The van der Waals surface area contributed by atoms with Crippen molar-refractivity contribution in [3.63, 3.8) is 0 Å². The summed E-state index contributed by atoms with van der Waals surface area (Å²) in [6, 6.07) is 25.9. The van der Waals surface area contributed by atoms with Crippen LogP contribution in [0.15, 0.2) is 102 Å². The molecular weight excluding hydrogens is 629 g/mol. The highest BCUT2D eigenvalue weighted by atomic mass is 35.5. The van der Waals surface area contributed by atoms with Gasteiger partial charge in [-0.15, -0.1) is 0 Å². The van der Waals surface area contributed by atoms with Gasteiger partial charge in [0.25, 0.3) is 10.0 Å². The van der Waals surface area contributed by atoms with Gasteiger partial charge in [-0.3, -0.25) is 13.9 Å². The van der Waals surface area contributed by atoms with E-state index >= 15 is 0 Å². The second-order valence-corrected chi connectivity index (χ2v) is 12.9. The molecule has 0 saturated carbocycles. The molecule has 0 aliphatic heterocycles. The van der Waals surface area contributed by atoms with Crippen LogP contribution in [0.1, 0.15) is 16.7 Å². The van der Waals surface area contributed by atoms with Crippen molar-refractivity contribution in [3.8, 4) is 0 Å². The van der Waals surface area contributed by atoms with Crippen LogP contribution >= 0.6 is 34.8 Å². The van der Waals surface area contributed by atoms with E-state index in [2.05, 4.69) is 5.32 Å². The van der Waals surface area contributed by atoms with Gasteiger partial charge in [-0.05, 0) is 54.4 Å². The molecule has 0 saturated heterocycles. The fourth-order valence-electron chi connectivity index (χ4n) is 4.56. The predicted octanol–water partition coefficient (Wildman–Crippen LogP) is 6.54. The number of carbonyl (C=O) groups is 2. The van der Waals surface area contributed by atoms with Gasteiger partial charge in [0, 0.05) is 20.0 Å². The lowest BCUT2D eigenvalue weighted by atomic mass is 10.0. The Kier molecular flexibility index (Phi) is 10.7. The fraction of sp³-hybridized carbons (Fsp3) is 0.188. The van der Waals surface area contributed by atoms with Crippen LogP contribution in [0.2, 0.25) is 15.1 Å². The molecule has 7 nitrogen and oxygen atoms in total. The summed E-state index contributed by atoms with van der Waals surface area (Å²) in [6.07, 6.45) is 0.185. The number of likely N-dealkylation sites (N-methyl/N-ethyl adjacent to an activating group) is 1. The van der Waals surface area contributed by atoms with Crippen LogP contribution in [-0.2, 0) is 32.6 Å². The maximum Gasteiger partial charge on any atom is 0.264 e. The number of para-hydroxylation sites is 1. The van der Waals surface area contributed by atoms with E-state index in [1.165, 1.54) is 30.1 Å². The first kappa shape index (κ1) is 32.4. The molecule has 0 fully saturated rings. The minimum absolute atomic E-state index is 0.00557. The SMILES string of the molecule is CNC(=O)C(Cc1ccccc1)N(Cc1ccc(Cl)c(Cl)c1)C(=O)CN(c1ccccc1Cl)S(=O)(=O)c1ccc(C)cc1. The number of nitrogens with one attached hydrogen (secondary N) is 1. The Hall–Kier alpha value is -3.56. The van der Waals surface area contributed by atoms with Gasteiger partial charge in [0.15, 0.2) is 0 Å². The molecule has 4 aromatic rings. The Morgan fingerprint density at radius 3 is 2.07 bits per heavy atom. The second-order valence-electron chi connectivity index (χ2n) is 9.87. The molecule has 0 bridgehead atoms. The summed E-state index contributed by atoms with van der Waals surface area (Å²) < 4.78 is 29.0. The van der Waals surface area contributed by atoms with E-state index in [1.807, 2.05) is 37.3 Å². The molecule has 2 amide bonds. The van der Waals surface area contributed by atoms with Crippen LogP contribution in [-0.4, -0.2) is 44.8 Å². The molecule has 4 rings (SSSR count). The first-order valence-electron chi connectivity index (χ1n) is 13.3. The van der Waals surface area contributed by atoms with E-state index in [-0.39, 0.29) is 33.6 Å². The maximum atomic E-state index is 14.3. The molecule has 1 N–H and O–H groups in total. The molecule has 0 radical (unpaired) electrons. The molecule has 224 valence electrons. The number of hydrogen-bond donors (Lipinski definition) is 1. The van der Waals surface area contributed by atoms with E-state index in [1.54, 1.807) is 48.5 Å². The van der Waals surface area contributed by atoms with E-state index < -0.39 is 34.4 Å². The number of aryl methyl sites for hydroxylation is 1. The summed E-state index contributed by atoms with van der Waals surface area (Å²) >= 11 is 18.9. The largest absolute Gasteiger partial charge is 0.357 e. The van der Waals surface area contributed by atoms with Crippen molar-refractivity contribution in [2.24, 2.45) is 0 Å². The van der Waals surface area contributed by atoms with Gasteiger partial charge in [-0.2, -0.15) is 0 Å². The molecule has 0 aliphatic carbocycles. The van der Waals surface area contributed by atoms with E-state index in [0.29, 0.717) is 10.6 Å². The van der Waals surface area contributed by atoms with Gasteiger partial charge in [0.05, 0.1) is 25.7 Å². The normalized spacial score (nSPS) is 11.9. The van der Waals surface area contributed by atoms with Crippen LogP contribution < -0.4 is 9.62 Å². The number of rotatable bonds is 11. The topological polar surface area (TPSA) is 86.8 Å². The van der Waals surface area contributed by atoms with E-state index in [9.17, 15) is 18.0 Å². The summed E-state index contributed by atoms with van der Waals surface area (Å²) in [4.78, 5) is 29.0. The molecule has 0 heterocycles. The zero-order chi connectivity index (χ0) is 31.1. The lowest BCUT2D eigenvalue weighted by molar-refractivity contribution is -0.139. The number of benzene rings is 4. The van der Waals surface area contributed by atoms with Crippen LogP contribution in [0.3, 0.4) is 0 Å². The van der Waals surface area contributed by atoms with Crippen molar-refractivity contribution in [1.29, 1.82) is 0 Å². The van der Waals surface area contributed by atoms with Crippen LogP contribution in [0.5, 0.6) is 0 Å². The highest BCUT2D eigenvalue weighted by Crippen LogP contribution is 2.31. The zero-order valence-corrected chi connectivity index (χ0v) is 26.6. The highest BCUT2D eigenvalue weighted by Gasteiger charge is 2.35. The van der Waals surface area contributed by atoms with Crippen molar-refractivity contribution in [3.05, 3.63) is 129 Å². The second kappa shape index (κ2) is 14.3. The third-order valence-corrected chi connectivity index (χ3v) is 9.70. The minimum Gasteiger partial charge on any atom is -0.357 e. The fourth-order valence-corrected chi connectivity index (χ4v) is 6.60. The minimum atomic E-state index is -4.26. The molecule has 0 aliphatic rings. The molecular formula is C32H30Cl3N3O4S. The van der Waals surface area contributed by atoms with Crippen molar-refractivity contribution in [1.82, 2.24) is 10.2 Å². The number of anilines is 1. The van der Waals surface area contributed by atoms with Crippen LogP contribution in [0.4, 0.5) is 5.69 Å². The first-order valence-corrected chi connectivity index (χ1v) is 15.9. The van der Waals surface area contributed by atoms with Crippen molar-refractivity contribution < 1.29 is 18.0 Å². The Labute approximate surface area is 267 Å². The van der Waals surface area contributed by atoms with Crippen molar-refractivity contribution in [2.45, 2.75) is 30.8 Å². The molecule has 0 spiro atoms. The quantitative estimate of drug-likeness (QED) is 0.198. The molecule has 4 aromatic carbocycles. The number of amides is 2. The Morgan fingerprint density at radius 1 is 0.791 bits per heavy atom. The van der Waals surface area contributed by atoms with Crippen molar-refractivity contribution in [2.75, 3.05) is 17.9 Å². The first-order chi connectivity index (χ1) is 20.5. The summed E-state index contributed by atoms with van der Waals surface area (Å²) in [6.45, 7) is 1.18. The Bertz CT molecular complexity index is 1700. The maximum absolute atomic E-state index is 14.3. The number of halogens is 3. The van der Waals surface area contributed by atoms with Gasteiger partial charge in [0.2, 0.25) is 11.8 Å². The Morgan fingerprint density at radius 2 is 1.44 bits per heavy atom. The number of nitrogens with zero attached hydrogens (tertiary/aromatic N) is 2. The smallest absolute Gasteiger partial charge is 0.264 e. The summed E-state index contributed by atoms with van der Waals surface area (Å²) in [5, 5.41) is 3.42. The molecule has 1 unspecified atom stereocenters. The standard InChI is InChI=1S/C32H30Cl3N3O4S/c1-22-12-15-25(16-13-22)43(41,42)38(29-11-7-6-10-27(29)34)21-31(39)37(20-24-14-17-26(33)28(35)18-24)30(32(40)36-2)19-23-8-4-3-5-9-23/h3-18,30H,19-21H2,1-2H3,(H,36,40). The molecule has 43 heavy (non-hydrogen) atoms. The monoisotopic (exact) mass is 657 g/mol. The highest BCUT2D eigenvalue weighted by molar-refractivity contribution is 7.92. The van der Waals surface area contributed by atoms with Crippen LogP contribution in [0, 0.1) is 6.92 Å². The van der Waals surface area contributed by atoms with Gasteiger partial charge in [0.1, 0.15) is 12.6 Å². The molecule has 11 heteroatoms. The Balaban J connectivity index is 1.81. The van der Waals surface area contributed by atoms with Gasteiger partial charge in [-0.25, -0.2) is 8.42 Å². The van der Waals surface area contributed by atoms with E-state index in [4.69, 9.17) is 34.8 Å². The average Bonchev–Trinajstić information content (AvgIpc) is 3.00. The lowest BCUT2D eigenvalue weighted by Crippen LogP contribution is -2.53. The molecule has 1 atom stereocenters. The third-order valence-electron chi connectivity index (χ3n) is 6.86. The molecule has 0 aromatic heterocycles. The predicted molar refractivity (Wildman–Crippen MR) is 172 cm³/mol. The van der Waals surface area contributed by atoms with Crippen molar-refractivity contribution >= 4 is 62.3 Å². The van der Waals surface area contributed by atoms with Gasteiger partial charge >= 0.3 is 0 Å².